The molecule has 1 aliphatic rings. The molecule has 1 rings (SSSR count). The molecule has 0 aliphatic heterocycles. The smallest absolute Gasteiger partial charge is 0.243 e. The Kier molecular flexibility index (Phi) is 6.46. The second kappa shape index (κ2) is 7.62. The van der Waals surface area contributed by atoms with Crippen molar-refractivity contribution < 1.29 is 9.59 Å². The summed E-state index contributed by atoms with van der Waals surface area (Å²) in [5, 5.41) is 5.83. The molecule has 2 amide bonds. The number of amides is 2. The molecule has 0 heterocycles. The summed E-state index contributed by atoms with van der Waals surface area (Å²) in [6.45, 7) is 8.31. The van der Waals surface area contributed by atoms with Crippen molar-refractivity contribution in [2.75, 3.05) is 6.54 Å². The van der Waals surface area contributed by atoms with Crippen LogP contribution in [-0.4, -0.2) is 30.4 Å². The Morgan fingerprint density at radius 1 is 1.15 bits per heavy atom. The van der Waals surface area contributed by atoms with Gasteiger partial charge >= 0.3 is 0 Å². The van der Waals surface area contributed by atoms with E-state index in [0.29, 0.717) is 18.9 Å². The molecule has 0 aromatic rings. The minimum absolute atomic E-state index is 0.0470. The summed E-state index contributed by atoms with van der Waals surface area (Å²) in [4.78, 5) is 24.2. The van der Waals surface area contributed by atoms with Crippen LogP contribution in [0.15, 0.2) is 0 Å². The lowest BCUT2D eigenvalue weighted by molar-refractivity contribution is -0.130. The van der Waals surface area contributed by atoms with Crippen molar-refractivity contribution in [1.82, 2.24) is 10.6 Å². The molecule has 2 unspecified atom stereocenters. The molecular weight excluding hydrogens is 254 g/mol. The van der Waals surface area contributed by atoms with Crippen molar-refractivity contribution in [3.8, 4) is 0 Å². The molecule has 20 heavy (non-hydrogen) atoms. The van der Waals surface area contributed by atoms with E-state index in [1.165, 1.54) is 0 Å². The number of hydrogen-bond donors (Lipinski definition) is 3. The van der Waals surface area contributed by atoms with E-state index in [1.54, 1.807) is 0 Å². The molecule has 1 fully saturated rings. The fourth-order valence-electron chi connectivity index (χ4n) is 2.28. The average Bonchev–Trinajstić information content (AvgIpc) is 3.15. The van der Waals surface area contributed by atoms with Gasteiger partial charge in [-0.25, -0.2) is 0 Å². The number of nitrogens with one attached hydrogen (secondary N) is 2. The van der Waals surface area contributed by atoms with Gasteiger partial charge in [0.2, 0.25) is 11.8 Å². The maximum absolute atomic E-state index is 12.3. The van der Waals surface area contributed by atoms with Gasteiger partial charge in [-0.2, -0.15) is 0 Å². The molecule has 1 aliphatic carbocycles. The molecule has 5 heteroatoms. The van der Waals surface area contributed by atoms with Gasteiger partial charge in [0.25, 0.3) is 0 Å². The van der Waals surface area contributed by atoms with E-state index in [1.807, 2.05) is 27.7 Å². The third-order valence-electron chi connectivity index (χ3n) is 3.63. The molecule has 1 saturated carbocycles. The molecule has 4 N–H and O–H groups in total. The van der Waals surface area contributed by atoms with E-state index < -0.39 is 6.04 Å². The van der Waals surface area contributed by atoms with Crippen LogP contribution in [0.1, 0.15) is 47.0 Å². The maximum atomic E-state index is 12.3. The molecule has 0 aromatic carbocycles. The van der Waals surface area contributed by atoms with Crippen LogP contribution >= 0.6 is 0 Å². The van der Waals surface area contributed by atoms with Gasteiger partial charge in [-0.1, -0.05) is 27.7 Å². The largest absolute Gasteiger partial charge is 0.350 e. The summed E-state index contributed by atoms with van der Waals surface area (Å²) in [5.41, 5.74) is 5.70. The minimum atomic E-state index is -0.478. The Morgan fingerprint density at radius 2 is 1.75 bits per heavy atom. The summed E-state index contributed by atoms with van der Waals surface area (Å²) in [6.07, 6.45) is 2.71. The van der Waals surface area contributed by atoms with Crippen LogP contribution in [-0.2, 0) is 9.59 Å². The highest BCUT2D eigenvalue weighted by atomic mass is 16.2. The lowest BCUT2D eigenvalue weighted by Gasteiger charge is -2.25. The van der Waals surface area contributed by atoms with Crippen molar-refractivity contribution in [3.63, 3.8) is 0 Å². The summed E-state index contributed by atoms with van der Waals surface area (Å²) >= 11 is 0. The number of nitrogens with two attached hydrogens (primary N) is 1. The van der Waals surface area contributed by atoms with E-state index in [9.17, 15) is 9.59 Å². The van der Waals surface area contributed by atoms with Gasteiger partial charge in [-0.3, -0.25) is 9.59 Å². The summed E-state index contributed by atoms with van der Waals surface area (Å²) in [6, 6.07) is -0.431. The van der Waals surface area contributed by atoms with E-state index in [0.717, 1.165) is 12.8 Å². The minimum Gasteiger partial charge on any atom is -0.350 e. The van der Waals surface area contributed by atoms with E-state index >= 15 is 0 Å². The fraction of sp³-hybridized carbons (Fsp3) is 0.867. The molecule has 5 nitrogen and oxygen atoms in total. The zero-order valence-corrected chi connectivity index (χ0v) is 13.1. The average molecular weight is 283 g/mol. The van der Waals surface area contributed by atoms with Crippen LogP contribution < -0.4 is 16.4 Å². The second-order valence-electron chi connectivity index (χ2n) is 6.58. The first-order valence-electron chi connectivity index (χ1n) is 7.65. The maximum Gasteiger partial charge on any atom is 0.243 e. The van der Waals surface area contributed by atoms with Crippen molar-refractivity contribution in [2.45, 2.75) is 59.0 Å². The van der Waals surface area contributed by atoms with Gasteiger partial charge in [0, 0.05) is 19.0 Å². The first-order chi connectivity index (χ1) is 9.35. The highest BCUT2D eigenvalue weighted by Gasteiger charge is 2.33. The van der Waals surface area contributed by atoms with Crippen LogP contribution in [0.5, 0.6) is 0 Å². The Balaban J connectivity index is 2.55. The third-order valence-corrected chi connectivity index (χ3v) is 3.63. The second-order valence-corrected chi connectivity index (χ2v) is 6.58. The van der Waals surface area contributed by atoms with Gasteiger partial charge in [0.05, 0.1) is 0 Å². The molecular formula is C15H29N3O2. The molecule has 0 aromatic heterocycles. The quantitative estimate of drug-likeness (QED) is 0.622. The predicted molar refractivity (Wildman–Crippen MR) is 79.9 cm³/mol. The number of rotatable bonds is 8. The lowest BCUT2D eigenvalue weighted by atomic mass is 10.0. The van der Waals surface area contributed by atoms with E-state index in [4.69, 9.17) is 5.73 Å². The van der Waals surface area contributed by atoms with Gasteiger partial charge in [0.15, 0.2) is 0 Å². The third kappa shape index (κ3) is 5.49. The highest BCUT2D eigenvalue weighted by Crippen LogP contribution is 2.32. The number of hydrogen-bond acceptors (Lipinski definition) is 3. The topological polar surface area (TPSA) is 84.2 Å². The van der Waals surface area contributed by atoms with Gasteiger partial charge in [-0.15, -0.1) is 0 Å². The molecule has 0 spiro atoms. The zero-order chi connectivity index (χ0) is 15.3. The first-order valence-corrected chi connectivity index (χ1v) is 7.65. The summed E-state index contributed by atoms with van der Waals surface area (Å²) in [7, 11) is 0. The van der Waals surface area contributed by atoms with Gasteiger partial charge < -0.3 is 16.4 Å². The molecule has 0 radical (unpaired) electrons. The van der Waals surface area contributed by atoms with Crippen LogP contribution in [0.4, 0.5) is 0 Å². The number of carbonyl (C=O) groups is 2. The zero-order valence-electron chi connectivity index (χ0n) is 13.1. The van der Waals surface area contributed by atoms with Crippen LogP contribution in [0.25, 0.3) is 0 Å². The molecule has 0 bridgehead atoms. The predicted octanol–water partition coefficient (Wildman–Crippen LogP) is 1.03. The summed E-state index contributed by atoms with van der Waals surface area (Å²) < 4.78 is 0. The Bertz CT molecular complexity index is 338. The highest BCUT2D eigenvalue weighted by molar-refractivity contribution is 5.88. The lowest BCUT2D eigenvalue weighted by Crippen LogP contribution is -2.54. The standard InChI is InChI=1S/C15H29N3O2/c1-9(2)7-13(19)18-14(10(3)4)15(20)17-12(8-16)11-5-6-11/h9-12,14H,5-8,16H2,1-4H3,(H,17,20)(H,18,19). The Hall–Kier alpha value is -1.10. The monoisotopic (exact) mass is 283 g/mol. The van der Waals surface area contributed by atoms with Gasteiger partial charge in [-0.05, 0) is 30.6 Å². The van der Waals surface area contributed by atoms with E-state index in [2.05, 4.69) is 10.6 Å². The van der Waals surface area contributed by atoms with Crippen LogP contribution in [0, 0.1) is 17.8 Å². The van der Waals surface area contributed by atoms with E-state index in [-0.39, 0.29) is 29.7 Å². The van der Waals surface area contributed by atoms with Crippen LogP contribution in [0.3, 0.4) is 0 Å². The normalized spacial score (nSPS) is 17.9. The van der Waals surface area contributed by atoms with Crippen molar-refractivity contribution in [1.29, 1.82) is 0 Å². The van der Waals surface area contributed by atoms with Crippen LogP contribution in [0.2, 0.25) is 0 Å². The number of carbonyl (C=O) groups excluding carboxylic acids is 2. The SMILES string of the molecule is CC(C)CC(=O)NC(C(=O)NC(CN)C1CC1)C(C)C. The van der Waals surface area contributed by atoms with Crippen molar-refractivity contribution in [3.05, 3.63) is 0 Å². The molecule has 116 valence electrons. The Labute approximate surface area is 122 Å². The Morgan fingerprint density at radius 3 is 2.15 bits per heavy atom. The summed E-state index contributed by atoms with van der Waals surface area (Å²) in [5.74, 6) is 0.685. The fourth-order valence-corrected chi connectivity index (χ4v) is 2.28. The van der Waals surface area contributed by atoms with Crippen molar-refractivity contribution in [2.24, 2.45) is 23.5 Å². The first kappa shape index (κ1) is 17.0. The van der Waals surface area contributed by atoms with Crippen molar-refractivity contribution >= 4 is 11.8 Å². The van der Waals surface area contributed by atoms with Gasteiger partial charge in [0.1, 0.15) is 6.04 Å². The molecule has 0 saturated heterocycles. The molecule has 2 atom stereocenters.